The van der Waals surface area contributed by atoms with Crippen molar-refractivity contribution in [3.05, 3.63) is 35.9 Å². The number of amidine groups is 1. The molecule has 78 valence electrons. The molecule has 0 saturated carbocycles. The van der Waals surface area contributed by atoms with Crippen molar-refractivity contribution in [1.82, 2.24) is 4.90 Å². The highest BCUT2D eigenvalue weighted by Crippen LogP contribution is 2.25. The Morgan fingerprint density at radius 2 is 2.07 bits per heavy atom. The molecule has 0 aromatic heterocycles. The Hall–Kier alpha value is -1.31. The van der Waals surface area contributed by atoms with Crippen LogP contribution in [0.2, 0.25) is 0 Å². The van der Waals surface area contributed by atoms with Gasteiger partial charge in [0.05, 0.1) is 5.84 Å². The highest BCUT2D eigenvalue weighted by molar-refractivity contribution is 5.84. The van der Waals surface area contributed by atoms with Crippen LogP contribution in [0, 0.1) is 0 Å². The molecule has 2 heterocycles. The Kier molecular flexibility index (Phi) is 2.20. The summed E-state index contributed by atoms with van der Waals surface area (Å²) in [6, 6.07) is 10.8. The maximum Gasteiger partial charge on any atom is 0.0990 e. The van der Waals surface area contributed by atoms with Crippen LogP contribution in [-0.2, 0) is 0 Å². The number of benzene rings is 1. The zero-order valence-corrected chi connectivity index (χ0v) is 8.89. The van der Waals surface area contributed by atoms with Crippen LogP contribution in [0.15, 0.2) is 35.3 Å². The molecule has 0 amide bonds. The smallest absolute Gasteiger partial charge is 0.0990 e. The van der Waals surface area contributed by atoms with Crippen molar-refractivity contribution in [2.45, 2.75) is 18.8 Å². The Balaban J connectivity index is 1.81. The maximum atomic E-state index is 4.69. The Bertz CT molecular complexity index is 369. The second-order valence-corrected chi connectivity index (χ2v) is 4.41. The van der Waals surface area contributed by atoms with E-state index < -0.39 is 0 Å². The number of nitrogens with zero attached hydrogens (tertiary/aromatic N) is 2. The molecule has 1 saturated heterocycles. The predicted molar refractivity (Wildman–Crippen MR) is 62.3 cm³/mol. The van der Waals surface area contributed by atoms with Gasteiger partial charge in [-0.15, -0.1) is 0 Å². The van der Waals surface area contributed by atoms with Gasteiger partial charge in [-0.2, -0.15) is 0 Å². The Morgan fingerprint density at radius 3 is 2.93 bits per heavy atom. The fourth-order valence-corrected chi connectivity index (χ4v) is 2.57. The van der Waals surface area contributed by atoms with Gasteiger partial charge in [0.2, 0.25) is 0 Å². The minimum atomic E-state index is 0.605. The van der Waals surface area contributed by atoms with Gasteiger partial charge in [-0.05, 0) is 12.0 Å². The molecule has 0 spiro atoms. The van der Waals surface area contributed by atoms with E-state index in [0.29, 0.717) is 5.92 Å². The first kappa shape index (κ1) is 8.96. The summed E-state index contributed by atoms with van der Waals surface area (Å²) < 4.78 is 0. The van der Waals surface area contributed by atoms with Crippen molar-refractivity contribution < 1.29 is 0 Å². The highest BCUT2D eigenvalue weighted by Gasteiger charge is 2.26. The number of hydrogen-bond donors (Lipinski definition) is 0. The monoisotopic (exact) mass is 200 g/mol. The molecule has 2 nitrogen and oxygen atoms in total. The van der Waals surface area contributed by atoms with Crippen molar-refractivity contribution in [2.75, 3.05) is 19.6 Å². The maximum absolute atomic E-state index is 4.69. The van der Waals surface area contributed by atoms with E-state index in [1.54, 1.807) is 0 Å². The normalized spacial score (nSPS) is 24.9. The van der Waals surface area contributed by atoms with Crippen LogP contribution in [0.4, 0.5) is 0 Å². The quantitative estimate of drug-likeness (QED) is 0.679. The van der Waals surface area contributed by atoms with Crippen LogP contribution in [0.3, 0.4) is 0 Å². The summed E-state index contributed by atoms with van der Waals surface area (Å²) in [6.07, 6.45) is 2.49. The topological polar surface area (TPSA) is 15.6 Å². The van der Waals surface area contributed by atoms with E-state index in [4.69, 9.17) is 4.99 Å². The van der Waals surface area contributed by atoms with Gasteiger partial charge in [0, 0.05) is 32.0 Å². The second kappa shape index (κ2) is 3.69. The third-order valence-corrected chi connectivity index (χ3v) is 3.40. The van der Waals surface area contributed by atoms with E-state index in [1.165, 1.54) is 37.3 Å². The first-order valence-electron chi connectivity index (χ1n) is 5.77. The molecule has 0 bridgehead atoms. The fraction of sp³-hybridized carbons (Fsp3) is 0.462. The summed E-state index contributed by atoms with van der Waals surface area (Å²) in [7, 11) is 0. The lowest BCUT2D eigenvalue weighted by atomic mass is 9.97. The second-order valence-electron chi connectivity index (χ2n) is 4.41. The summed E-state index contributed by atoms with van der Waals surface area (Å²) in [5.41, 5.74) is 1.44. The van der Waals surface area contributed by atoms with Crippen LogP contribution in [0.1, 0.15) is 24.3 Å². The van der Waals surface area contributed by atoms with E-state index in [2.05, 4.69) is 35.2 Å². The molecule has 15 heavy (non-hydrogen) atoms. The number of hydrogen-bond acceptors (Lipinski definition) is 2. The number of rotatable bonds is 1. The van der Waals surface area contributed by atoms with Crippen LogP contribution in [0.25, 0.3) is 0 Å². The van der Waals surface area contributed by atoms with E-state index in [1.807, 2.05) is 0 Å². The lowest BCUT2D eigenvalue weighted by Gasteiger charge is -2.29. The standard InChI is InChI=1S/C13H16N2/c1-2-5-11(6-3-1)12-9-14-13-7-4-8-15(13)10-12/h1-3,5-6,12H,4,7-10H2. The van der Waals surface area contributed by atoms with Crippen molar-refractivity contribution in [2.24, 2.45) is 4.99 Å². The van der Waals surface area contributed by atoms with Gasteiger partial charge in [-0.1, -0.05) is 30.3 Å². The van der Waals surface area contributed by atoms with E-state index in [9.17, 15) is 0 Å². The molecule has 3 rings (SSSR count). The van der Waals surface area contributed by atoms with Gasteiger partial charge >= 0.3 is 0 Å². The van der Waals surface area contributed by atoms with E-state index >= 15 is 0 Å². The molecule has 1 aromatic carbocycles. The molecular formula is C13H16N2. The minimum absolute atomic E-state index is 0.605. The van der Waals surface area contributed by atoms with Crippen molar-refractivity contribution in [3.63, 3.8) is 0 Å². The molecule has 1 unspecified atom stereocenters. The summed E-state index contributed by atoms with van der Waals surface area (Å²) in [6.45, 7) is 3.36. The lowest BCUT2D eigenvalue weighted by Crippen LogP contribution is -2.35. The van der Waals surface area contributed by atoms with Gasteiger partial charge in [0.25, 0.3) is 0 Å². The van der Waals surface area contributed by atoms with Crippen LogP contribution in [0.5, 0.6) is 0 Å². The Morgan fingerprint density at radius 1 is 1.20 bits per heavy atom. The molecule has 2 aliphatic rings. The van der Waals surface area contributed by atoms with Crippen LogP contribution in [-0.4, -0.2) is 30.4 Å². The molecule has 0 N–H and O–H groups in total. The van der Waals surface area contributed by atoms with Crippen LogP contribution >= 0.6 is 0 Å². The molecule has 0 aliphatic carbocycles. The molecular weight excluding hydrogens is 184 g/mol. The predicted octanol–water partition coefficient (Wildman–Crippen LogP) is 2.28. The molecule has 1 fully saturated rings. The van der Waals surface area contributed by atoms with E-state index in [-0.39, 0.29) is 0 Å². The highest BCUT2D eigenvalue weighted by atomic mass is 15.2. The Labute approximate surface area is 90.6 Å². The zero-order chi connectivity index (χ0) is 10.1. The summed E-state index contributed by atoms with van der Waals surface area (Å²) in [5.74, 6) is 1.95. The third-order valence-electron chi connectivity index (χ3n) is 3.40. The molecule has 1 atom stereocenters. The molecule has 2 heteroatoms. The van der Waals surface area contributed by atoms with Crippen molar-refractivity contribution in [1.29, 1.82) is 0 Å². The summed E-state index contributed by atoms with van der Waals surface area (Å²) in [4.78, 5) is 7.15. The molecule has 2 aliphatic heterocycles. The van der Waals surface area contributed by atoms with Gasteiger partial charge < -0.3 is 4.90 Å². The van der Waals surface area contributed by atoms with Crippen molar-refractivity contribution >= 4 is 5.84 Å². The minimum Gasteiger partial charge on any atom is -0.360 e. The molecule has 0 radical (unpaired) electrons. The third kappa shape index (κ3) is 1.65. The van der Waals surface area contributed by atoms with Crippen LogP contribution < -0.4 is 0 Å². The largest absolute Gasteiger partial charge is 0.360 e. The van der Waals surface area contributed by atoms with Gasteiger partial charge in [-0.25, -0.2) is 0 Å². The van der Waals surface area contributed by atoms with Gasteiger partial charge in [0.1, 0.15) is 0 Å². The summed E-state index contributed by atoms with van der Waals surface area (Å²) in [5, 5.41) is 0. The fourth-order valence-electron chi connectivity index (χ4n) is 2.57. The first-order valence-corrected chi connectivity index (χ1v) is 5.77. The van der Waals surface area contributed by atoms with Gasteiger partial charge in [0.15, 0.2) is 0 Å². The zero-order valence-electron chi connectivity index (χ0n) is 8.89. The summed E-state index contributed by atoms with van der Waals surface area (Å²) >= 11 is 0. The average Bonchev–Trinajstić information content (AvgIpc) is 2.77. The lowest BCUT2D eigenvalue weighted by molar-refractivity contribution is 0.394. The molecule has 1 aromatic rings. The SMILES string of the molecule is c1ccc(C2CN=C3CCCN3C2)cc1. The first-order chi connectivity index (χ1) is 7.43. The van der Waals surface area contributed by atoms with Gasteiger partial charge in [-0.3, -0.25) is 4.99 Å². The number of fused-ring (bicyclic) bond motifs is 1. The average molecular weight is 200 g/mol. The van der Waals surface area contributed by atoms with Crippen molar-refractivity contribution in [3.8, 4) is 0 Å². The van der Waals surface area contributed by atoms with E-state index in [0.717, 1.165) is 6.54 Å². The number of aliphatic imine (C=N–C) groups is 1.